The normalized spacial score (nSPS) is 12.2. The second-order valence-electron chi connectivity index (χ2n) is 10.5. The van der Waals surface area contributed by atoms with Crippen molar-refractivity contribution in [1.82, 2.24) is 10.2 Å². The number of nitrogens with one attached hydrogen (secondary N) is 1. The van der Waals surface area contributed by atoms with Crippen LogP contribution >= 0.6 is 0 Å². The highest BCUT2D eigenvalue weighted by molar-refractivity contribution is 7.92. The summed E-state index contributed by atoms with van der Waals surface area (Å²) in [6.45, 7) is 6.95. The Morgan fingerprint density at radius 1 is 0.878 bits per heavy atom. The van der Waals surface area contributed by atoms with Crippen molar-refractivity contribution in [3.05, 3.63) is 84.4 Å². The van der Waals surface area contributed by atoms with Crippen LogP contribution in [0.1, 0.15) is 39.7 Å². The molecular formula is C31H39N3O6S. The summed E-state index contributed by atoms with van der Waals surface area (Å²) in [6.07, 6.45) is 0.323. The molecule has 3 aromatic rings. The molecule has 2 amide bonds. The largest absolute Gasteiger partial charge is 0.497 e. The molecule has 0 fully saturated rings. The topological polar surface area (TPSA) is 105 Å². The highest BCUT2D eigenvalue weighted by atomic mass is 32.2. The lowest BCUT2D eigenvalue weighted by Gasteiger charge is -2.35. The molecule has 1 atom stereocenters. The molecular weight excluding hydrogens is 542 g/mol. The zero-order chi connectivity index (χ0) is 30.2. The predicted octanol–water partition coefficient (Wildman–Crippen LogP) is 4.62. The lowest BCUT2D eigenvalue weighted by atomic mass is 10.1. The molecule has 0 aromatic heterocycles. The molecule has 0 saturated carbocycles. The fraction of sp³-hybridized carbons (Fsp3) is 0.355. The summed E-state index contributed by atoms with van der Waals surface area (Å²) in [5.41, 5.74) is 0.444. The van der Waals surface area contributed by atoms with Crippen LogP contribution < -0.4 is 19.1 Å². The second kappa shape index (κ2) is 13.5. The van der Waals surface area contributed by atoms with Crippen LogP contribution in [0.5, 0.6) is 11.5 Å². The van der Waals surface area contributed by atoms with Crippen molar-refractivity contribution in [3.8, 4) is 11.5 Å². The van der Waals surface area contributed by atoms with Crippen LogP contribution in [0.25, 0.3) is 0 Å². The Labute approximate surface area is 243 Å². The van der Waals surface area contributed by atoms with E-state index < -0.39 is 34.1 Å². The van der Waals surface area contributed by atoms with E-state index in [1.165, 1.54) is 24.1 Å². The average Bonchev–Trinajstić information content (AvgIpc) is 2.95. The molecule has 220 valence electrons. The summed E-state index contributed by atoms with van der Waals surface area (Å²) in [5, 5.41) is 2.96. The van der Waals surface area contributed by atoms with Crippen LogP contribution in [0.2, 0.25) is 0 Å². The van der Waals surface area contributed by atoms with E-state index in [9.17, 15) is 18.0 Å². The molecule has 0 spiro atoms. The van der Waals surface area contributed by atoms with Crippen molar-refractivity contribution in [2.45, 2.75) is 57.1 Å². The minimum atomic E-state index is -4.19. The smallest absolute Gasteiger partial charge is 0.264 e. The third kappa shape index (κ3) is 8.00. The number of hydrogen-bond acceptors (Lipinski definition) is 6. The van der Waals surface area contributed by atoms with E-state index in [2.05, 4.69) is 5.32 Å². The van der Waals surface area contributed by atoms with Crippen molar-refractivity contribution in [3.63, 3.8) is 0 Å². The Kier molecular flexibility index (Phi) is 10.4. The van der Waals surface area contributed by atoms with Crippen LogP contribution in [0.3, 0.4) is 0 Å². The summed E-state index contributed by atoms with van der Waals surface area (Å²) >= 11 is 0. The van der Waals surface area contributed by atoms with Crippen LogP contribution in [-0.4, -0.2) is 57.5 Å². The van der Waals surface area contributed by atoms with Crippen molar-refractivity contribution >= 4 is 27.5 Å². The van der Waals surface area contributed by atoms with E-state index in [0.717, 1.165) is 9.87 Å². The van der Waals surface area contributed by atoms with E-state index in [1.807, 2.05) is 39.8 Å². The first-order chi connectivity index (χ1) is 19.4. The molecule has 9 nitrogen and oxygen atoms in total. The van der Waals surface area contributed by atoms with Crippen molar-refractivity contribution in [2.75, 3.05) is 25.1 Å². The number of anilines is 1. The molecule has 1 N–H and O–H groups in total. The van der Waals surface area contributed by atoms with Crippen LogP contribution in [0.4, 0.5) is 5.69 Å². The molecule has 41 heavy (non-hydrogen) atoms. The third-order valence-corrected chi connectivity index (χ3v) is 8.13. The number of sulfonamides is 1. The number of para-hydroxylation sites is 2. The lowest BCUT2D eigenvalue weighted by molar-refractivity contribution is -0.141. The number of benzene rings is 3. The number of nitrogens with zero attached hydrogens (tertiary/aromatic N) is 2. The first kappa shape index (κ1) is 31.5. The average molecular weight is 582 g/mol. The Balaban J connectivity index is 2.09. The molecule has 0 aliphatic heterocycles. The van der Waals surface area contributed by atoms with Crippen LogP contribution in [0, 0.1) is 0 Å². The number of carbonyl (C=O) groups excluding carboxylic acids is 2. The monoisotopic (exact) mass is 581 g/mol. The Bertz CT molecular complexity index is 1420. The molecule has 3 aromatic carbocycles. The minimum absolute atomic E-state index is 0.0259. The van der Waals surface area contributed by atoms with Crippen molar-refractivity contribution in [1.29, 1.82) is 0 Å². The van der Waals surface area contributed by atoms with Crippen molar-refractivity contribution in [2.24, 2.45) is 0 Å². The van der Waals surface area contributed by atoms with E-state index >= 15 is 0 Å². The van der Waals surface area contributed by atoms with Gasteiger partial charge in [0.05, 0.1) is 24.8 Å². The Morgan fingerprint density at radius 2 is 1.49 bits per heavy atom. The molecule has 10 heteroatoms. The van der Waals surface area contributed by atoms with Gasteiger partial charge in [-0.05, 0) is 69.2 Å². The van der Waals surface area contributed by atoms with Gasteiger partial charge in [-0.15, -0.1) is 0 Å². The molecule has 0 radical (unpaired) electrons. The zero-order valence-electron chi connectivity index (χ0n) is 24.5. The quantitative estimate of drug-likeness (QED) is 0.335. The van der Waals surface area contributed by atoms with E-state index in [-0.39, 0.29) is 23.0 Å². The maximum atomic E-state index is 14.2. The van der Waals surface area contributed by atoms with Gasteiger partial charge in [-0.3, -0.25) is 13.9 Å². The van der Waals surface area contributed by atoms with Gasteiger partial charge < -0.3 is 19.7 Å². The van der Waals surface area contributed by atoms with Crippen molar-refractivity contribution < 1.29 is 27.5 Å². The zero-order valence-corrected chi connectivity index (χ0v) is 25.3. The van der Waals surface area contributed by atoms with E-state index in [0.29, 0.717) is 17.9 Å². The number of methoxy groups -OCH3 is 2. The van der Waals surface area contributed by atoms with Gasteiger partial charge in [-0.2, -0.15) is 0 Å². The highest BCUT2D eigenvalue weighted by Crippen LogP contribution is 2.32. The molecule has 0 aliphatic rings. The minimum Gasteiger partial charge on any atom is -0.497 e. The molecule has 0 saturated heterocycles. The van der Waals surface area contributed by atoms with Gasteiger partial charge in [-0.1, -0.05) is 49.4 Å². The maximum absolute atomic E-state index is 14.2. The van der Waals surface area contributed by atoms with Gasteiger partial charge in [-0.25, -0.2) is 8.42 Å². The first-order valence-electron chi connectivity index (χ1n) is 13.4. The number of carbonyl (C=O) groups is 2. The SMILES string of the molecule is CCC(C(=O)NC(C)(C)C)N(Cc1ccc(OC)cc1)C(=O)CN(c1ccccc1OC)S(=O)(=O)c1ccccc1. The molecule has 0 heterocycles. The summed E-state index contributed by atoms with van der Waals surface area (Å²) in [5.74, 6) is 0.0817. The van der Waals surface area contributed by atoms with Gasteiger partial charge in [0.1, 0.15) is 24.1 Å². The van der Waals surface area contributed by atoms with Crippen LogP contribution in [-0.2, 0) is 26.2 Å². The number of rotatable bonds is 12. The molecule has 1 unspecified atom stereocenters. The van der Waals surface area contributed by atoms with Gasteiger partial charge >= 0.3 is 0 Å². The highest BCUT2D eigenvalue weighted by Gasteiger charge is 2.35. The summed E-state index contributed by atoms with van der Waals surface area (Å²) in [6, 6.07) is 20.8. The third-order valence-electron chi connectivity index (χ3n) is 6.36. The summed E-state index contributed by atoms with van der Waals surface area (Å²) < 4.78 is 39.7. The molecule has 0 aliphatic carbocycles. The van der Waals surface area contributed by atoms with E-state index in [4.69, 9.17) is 9.47 Å². The Hall–Kier alpha value is -4.05. The molecule has 3 rings (SSSR count). The van der Waals surface area contributed by atoms with Gasteiger partial charge in [0.15, 0.2) is 0 Å². The van der Waals surface area contributed by atoms with Crippen LogP contribution in [0.15, 0.2) is 83.8 Å². The number of ether oxygens (including phenoxy) is 2. The standard InChI is InChI=1S/C31H39N3O6S/c1-7-26(30(36)32-31(2,3)4)33(21-23-17-19-24(39-5)20-18-23)29(35)22-34(27-15-11-12-16-28(27)40-6)41(37,38)25-13-9-8-10-14-25/h8-20,26H,7,21-22H2,1-6H3,(H,32,36). The second-order valence-corrected chi connectivity index (χ2v) is 12.4. The van der Waals surface area contributed by atoms with Gasteiger partial charge in [0, 0.05) is 12.1 Å². The summed E-state index contributed by atoms with van der Waals surface area (Å²) in [7, 11) is -1.19. The fourth-order valence-corrected chi connectivity index (χ4v) is 5.81. The van der Waals surface area contributed by atoms with Gasteiger partial charge in [0.2, 0.25) is 11.8 Å². The summed E-state index contributed by atoms with van der Waals surface area (Å²) in [4.78, 5) is 29.1. The molecule has 0 bridgehead atoms. The number of hydrogen-bond donors (Lipinski definition) is 1. The first-order valence-corrected chi connectivity index (χ1v) is 14.8. The Morgan fingerprint density at radius 3 is 2.05 bits per heavy atom. The maximum Gasteiger partial charge on any atom is 0.264 e. The van der Waals surface area contributed by atoms with Gasteiger partial charge in [0.25, 0.3) is 10.0 Å². The predicted molar refractivity (Wildman–Crippen MR) is 159 cm³/mol. The van der Waals surface area contributed by atoms with E-state index in [1.54, 1.807) is 61.7 Å². The number of amides is 2. The lowest BCUT2D eigenvalue weighted by Crippen LogP contribution is -2.55. The fourth-order valence-electron chi connectivity index (χ4n) is 4.37.